The van der Waals surface area contributed by atoms with Crippen LogP contribution in [0.1, 0.15) is 44.2 Å². The molecule has 0 bridgehead atoms. The number of unbranched alkanes of at least 4 members (excludes halogenated alkanes) is 1. The highest BCUT2D eigenvalue weighted by Crippen LogP contribution is 2.30. The lowest BCUT2D eigenvalue weighted by atomic mass is 9.99. The zero-order chi connectivity index (χ0) is 24.6. The lowest BCUT2D eigenvalue weighted by Crippen LogP contribution is -2.29. The molecule has 4 N–H and O–H groups in total. The number of urea groups is 1. The number of aromatic nitrogens is 2. The second-order valence-electron chi connectivity index (χ2n) is 7.65. The van der Waals surface area contributed by atoms with Gasteiger partial charge in [-0.1, -0.05) is 36.4 Å². The van der Waals surface area contributed by atoms with Crippen LogP contribution in [0.4, 0.5) is 16.2 Å². The van der Waals surface area contributed by atoms with Gasteiger partial charge in [0.1, 0.15) is 11.4 Å². The van der Waals surface area contributed by atoms with Crippen LogP contribution in [0.15, 0.2) is 71.6 Å². The summed E-state index contributed by atoms with van der Waals surface area (Å²) >= 11 is 1.25. The monoisotopic (exact) mass is 489 g/mol. The Balaban J connectivity index is 1.26. The van der Waals surface area contributed by atoms with E-state index in [2.05, 4.69) is 26.1 Å². The number of aromatic amines is 1. The minimum atomic E-state index is -0.544. The summed E-state index contributed by atoms with van der Waals surface area (Å²) in [4.78, 5) is 50.4. The summed E-state index contributed by atoms with van der Waals surface area (Å²) in [5, 5.41) is 14.7. The molecule has 0 saturated heterocycles. The van der Waals surface area contributed by atoms with Gasteiger partial charge in [-0.25, -0.2) is 4.79 Å². The number of hydrogen-bond donors (Lipinski definition) is 4. The number of Topliss-reactive ketones (excluding diaryl/α,β-unsaturated/α-hetero) is 1. The third-order valence-corrected chi connectivity index (χ3v) is 6.22. The van der Waals surface area contributed by atoms with Crippen LogP contribution in [-0.2, 0) is 0 Å². The maximum absolute atomic E-state index is 13.0. The van der Waals surface area contributed by atoms with Crippen molar-refractivity contribution in [1.82, 2.24) is 15.5 Å². The number of hydrogen-bond acceptors (Lipinski definition) is 6. The molecule has 1 aromatic heterocycles. The molecular formula is C25H23N5O4S. The second-order valence-corrected chi connectivity index (χ2v) is 8.78. The van der Waals surface area contributed by atoms with Crippen LogP contribution in [0.5, 0.6) is 0 Å². The molecular weight excluding hydrogens is 466 g/mol. The summed E-state index contributed by atoms with van der Waals surface area (Å²) < 4.78 is 0. The predicted molar refractivity (Wildman–Crippen MR) is 135 cm³/mol. The van der Waals surface area contributed by atoms with Crippen molar-refractivity contribution in [2.45, 2.75) is 12.8 Å². The first-order valence-corrected chi connectivity index (χ1v) is 12.0. The summed E-state index contributed by atoms with van der Waals surface area (Å²) in [6, 6.07) is 17.7. The lowest BCUT2D eigenvalue weighted by molar-refractivity contribution is 0.0979. The van der Waals surface area contributed by atoms with Gasteiger partial charge in [-0.15, -0.1) is 11.8 Å². The molecule has 4 rings (SSSR count). The van der Waals surface area contributed by atoms with E-state index in [4.69, 9.17) is 0 Å². The number of para-hydroxylation sites is 2. The van der Waals surface area contributed by atoms with E-state index in [0.717, 1.165) is 0 Å². The smallest absolute Gasteiger partial charge is 0.319 e. The van der Waals surface area contributed by atoms with E-state index in [1.165, 1.54) is 17.8 Å². The highest BCUT2D eigenvalue weighted by atomic mass is 32.2. The number of nitrogens with zero attached hydrogens (tertiary/aromatic N) is 1. The van der Waals surface area contributed by atoms with Gasteiger partial charge in [0.05, 0.1) is 10.5 Å². The van der Waals surface area contributed by atoms with E-state index in [1.807, 2.05) is 24.3 Å². The molecule has 178 valence electrons. The largest absolute Gasteiger partial charge is 0.338 e. The van der Waals surface area contributed by atoms with Gasteiger partial charge in [0, 0.05) is 24.0 Å². The number of ketones is 2. The Kier molecular flexibility index (Phi) is 7.74. The Morgan fingerprint density at radius 1 is 0.886 bits per heavy atom. The number of benzene rings is 2. The number of nitrogens with one attached hydrogen (secondary N) is 4. The molecule has 0 atom stereocenters. The van der Waals surface area contributed by atoms with Crippen LogP contribution in [0.25, 0.3) is 0 Å². The molecule has 1 heterocycles. The fourth-order valence-electron chi connectivity index (χ4n) is 3.41. The number of fused-ring (bicyclic) bond motifs is 1. The van der Waals surface area contributed by atoms with Crippen molar-refractivity contribution < 1.29 is 19.2 Å². The van der Waals surface area contributed by atoms with Gasteiger partial charge in [0.25, 0.3) is 5.91 Å². The van der Waals surface area contributed by atoms with E-state index in [1.54, 1.807) is 36.4 Å². The zero-order valence-electron chi connectivity index (χ0n) is 18.7. The molecule has 9 nitrogen and oxygen atoms in total. The van der Waals surface area contributed by atoms with Crippen molar-refractivity contribution in [3.8, 4) is 0 Å². The summed E-state index contributed by atoms with van der Waals surface area (Å²) in [6.07, 6.45) is 2.68. The maximum Gasteiger partial charge on any atom is 0.319 e. The van der Waals surface area contributed by atoms with Crippen molar-refractivity contribution in [1.29, 1.82) is 0 Å². The highest BCUT2D eigenvalue weighted by molar-refractivity contribution is 8.04. The summed E-state index contributed by atoms with van der Waals surface area (Å²) in [5.41, 5.74) is 1.18. The molecule has 3 aromatic rings. The molecule has 1 aliphatic carbocycles. The van der Waals surface area contributed by atoms with Gasteiger partial charge < -0.3 is 16.0 Å². The van der Waals surface area contributed by atoms with Crippen LogP contribution >= 0.6 is 11.8 Å². The minimum Gasteiger partial charge on any atom is -0.338 e. The fraction of sp³-hybridized carbons (Fsp3) is 0.160. The average molecular weight is 490 g/mol. The number of H-pyrrole nitrogens is 1. The number of allylic oxidation sites excluding steroid dienone is 2. The number of rotatable bonds is 9. The average Bonchev–Trinajstić information content (AvgIpc) is 3.32. The summed E-state index contributed by atoms with van der Waals surface area (Å²) in [5.74, 6) is -0.795. The van der Waals surface area contributed by atoms with E-state index >= 15 is 0 Å². The van der Waals surface area contributed by atoms with Gasteiger partial charge in [-0.3, -0.25) is 19.5 Å². The second kappa shape index (κ2) is 11.3. The Morgan fingerprint density at radius 3 is 2.23 bits per heavy atom. The Morgan fingerprint density at radius 2 is 1.54 bits per heavy atom. The number of anilines is 2. The van der Waals surface area contributed by atoms with Crippen LogP contribution in [0, 0.1) is 0 Å². The van der Waals surface area contributed by atoms with Crippen molar-refractivity contribution >= 4 is 46.6 Å². The normalized spacial score (nSPS) is 12.5. The van der Waals surface area contributed by atoms with Crippen molar-refractivity contribution in [2.75, 3.05) is 22.9 Å². The molecule has 1 aliphatic rings. The number of amides is 3. The van der Waals surface area contributed by atoms with Gasteiger partial charge in [-0.05, 0) is 42.9 Å². The van der Waals surface area contributed by atoms with Crippen LogP contribution in [0.2, 0.25) is 0 Å². The van der Waals surface area contributed by atoms with Crippen molar-refractivity contribution in [3.63, 3.8) is 0 Å². The van der Waals surface area contributed by atoms with Crippen LogP contribution < -0.4 is 16.0 Å². The molecule has 0 saturated carbocycles. The molecule has 0 spiro atoms. The van der Waals surface area contributed by atoms with Crippen molar-refractivity contribution in [3.05, 3.63) is 88.6 Å². The number of carbonyl (C=O) groups is 4. The van der Waals surface area contributed by atoms with Crippen molar-refractivity contribution in [2.24, 2.45) is 0 Å². The zero-order valence-corrected chi connectivity index (χ0v) is 19.5. The molecule has 10 heteroatoms. The summed E-state index contributed by atoms with van der Waals surface area (Å²) in [6.45, 7) is 0.473. The lowest BCUT2D eigenvalue weighted by Gasteiger charge is -2.12. The van der Waals surface area contributed by atoms with E-state index in [9.17, 15) is 19.2 Å². The number of thioether (sulfide) groups is 1. The van der Waals surface area contributed by atoms with Gasteiger partial charge in [0.15, 0.2) is 0 Å². The maximum atomic E-state index is 13.0. The fourth-order valence-corrected chi connectivity index (χ4v) is 4.40. The topological polar surface area (TPSA) is 133 Å². The van der Waals surface area contributed by atoms with Crippen LogP contribution in [-0.4, -0.2) is 46.0 Å². The third-order valence-electron chi connectivity index (χ3n) is 5.12. The Hall–Kier alpha value is -4.18. The molecule has 0 aliphatic heterocycles. The molecule has 35 heavy (non-hydrogen) atoms. The molecule has 0 fully saturated rings. The van der Waals surface area contributed by atoms with E-state index in [0.29, 0.717) is 36.5 Å². The first-order chi connectivity index (χ1) is 17.0. The predicted octanol–water partition coefficient (Wildman–Crippen LogP) is 4.26. The van der Waals surface area contributed by atoms with Gasteiger partial charge in [-0.2, -0.15) is 5.10 Å². The Bertz CT molecular complexity index is 1270. The molecule has 0 unspecified atom stereocenters. The first-order valence-electron chi connectivity index (χ1n) is 11.0. The molecule has 3 amide bonds. The molecule has 0 radical (unpaired) electrons. The van der Waals surface area contributed by atoms with E-state index < -0.39 is 17.5 Å². The number of carbonyl (C=O) groups excluding carboxylic acids is 4. The molecule has 2 aromatic carbocycles. The quantitative estimate of drug-likeness (QED) is 0.332. The minimum absolute atomic E-state index is 0.00678. The SMILES string of the molecule is O=C(NCCCCSC1=CC(=O)c2n[nH]c(C(=O)Nc3ccccc3)c2C1=O)Nc1ccccc1. The van der Waals surface area contributed by atoms with Crippen LogP contribution in [0.3, 0.4) is 0 Å². The summed E-state index contributed by atoms with van der Waals surface area (Å²) in [7, 11) is 0. The highest BCUT2D eigenvalue weighted by Gasteiger charge is 2.33. The van der Waals surface area contributed by atoms with E-state index in [-0.39, 0.29) is 27.9 Å². The van der Waals surface area contributed by atoms with Gasteiger partial charge >= 0.3 is 6.03 Å². The van der Waals surface area contributed by atoms with Gasteiger partial charge in [0.2, 0.25) is 11.6 Å². The first kappa shape index (κ1) is 24.0. The standard InChI is InChI=1S/C25H23N5O4S/c31-18-15-19(35-14-8-7-13-26-25(34)28-17-11-5-2-6-12-17)23(32)20-21(18)29-30-22(20)24(33)27-16-9-3-1-4-10-16/h1-6,9-12,15H,7-8,13-14H2,(H,27,33)(H,29,30)(H2,26,28,34). The third kappa shape index (κ3) is 6.04. The Labute approximate surface area is 205 Å².